The molecule has 1 aromatic carbocycles. The third-order valence-corrected chi connectivity index (χ3v) is 3.71. The van der Waals surface area contributed by atoms with E-state index in [1.54, 1.807) is 18.2 Å². The molecule has 1 aliphatic rings. The first-order chi connectivity index (χ1) is 9.69. The lowest BCUT2D eigenvalue weighted by molar-refractivity contribution is -0.116. The highest BCUT2D eigenvalue weighted by Gasteiger charge is 2.18. The van der Waals surface area contributed by atoms with Gasteiger partial charge in [0.1, 0.15) is 6.07 Å². The van der Waals surface area contributed by atoms with Gasteiger partial charge in [-0.2, -0.15) is 5.26 Å². The van der Waals surface area contributed by atoms with Crippen LogP contribution in [0.3, 0.4) is 0 Å². The van der Waals surface area contributed by atoms with Crippen LogP contribution < -0.4 is 5.32 Å². The van der Waals surface area contributed by atoms with Crippen LogP contribution in [0.4, 0.5) is 5.69 Å². The summed E-state index contributed by atoms with van der Waals surface area (Å²) in [4.78, 5) is 14.3. The maximum atomic E-state index is 11.9. The molecule has 0 radical (unpaired) electrons. The minimum Gasteiger partial charge on any atom is -0.325 e. The highest BCUT2D eigenvalue weighted by atomic mass is 16.1. The molecule has 1 unspecified atom stereocenters. The Morgan fingerprint density at radius 1 is 1.50 bits per heavy atom. The number of nitrogens with zero attached hydrogens (tertiary/aromatic N) is 2. The van der Waals surface area contributed by atoms with Crippen LogP contribution in [0.15, 0.2) is 24.3 Å². The van der Waals surface area contributed by atoms with Crippen molar-refractivity contribution in [3.63, 3.8) is 0 Å². The summed E-state index contributed by atoms with van der Waals surface area (Å²) in [5, 5.41) is 11.8. The van der Waals surface area contributed by atoms with Crippen LogP contribution in [-0.2, 0) is 4.79 Å². The minimum absolute atomic E-state index is 0.0139. The number of hydrogen-bond acceptors (Lipinski definition) is 3. The Labute approximate surface area is 120 Å². The predicted molar refractivity (Wildman–Crippen MR) is 79.2 cm³/mol. The van der Waals surface area contributed by atoms with E-state index in [2.05, 4.69) is 23.2 Å². The molecular weight excluding hydrogens is 250 g/mol. The number of nitrogens with one attached hydrogen (secondary N) is 1. The quantitative estimate of drug-likeness (QED) is 0.895. The Hall–Kier alpha value is -1.86. The molecule has 106 valence electrons. The van der Waals surface area contributed by atoms with Gasteiger partial charge in [0.05, 0.1) is 11.3 Å². The van der Waals surface area contributed by atoms with Crippen LogP contribution in [0.25, 0.3) is 0 Å². The zero-order valence-electron chi connectivity index (χ0n) is 11.9. The Morgan fingerprint density at radius 3 is 3.00 bits per heavy atom. The lowest BCUT2D eigenvalue weighted by Gasteiger charge is -2.14. The lowest BCUT2D eigenvalue weighted by Crippen LogP contribution is -2.23. The fourth-order valence-corrected chi connectivity index (χ4v) is 2.59. The van der Waals surface area contributed by atoms with Gasteiger partial charge >= 0.3 is 0 Å². The molecule has 1 fully saturated rings. The van der Waals surface area contributed by atoms with Crippen molar-refractivity contribution >= 4 is 11.6 Å². The summed E-state index contributed by atoms with van der Waals surface area (Å²) < 4.78 is 0. The third kappa shape index (κ3) is 4.07. The first kappa shape index (κ1) is 14.5. The molecule has 2 rings (SSSR count). The van der Waals surface area contributed by atoms with Crippen molar-refractivity contribution in [2.24, 2.45) is 5.92 Å². The maximum Gasteiger partial charge on any atom is 0.224 e. The minimum atomic E-state index is -0.0139. The molecule has 1 aromatic rings. The molecule has 1 N–H and O–H groups in total. The molecular formula is C16H21N3O. The Morgan fingerprint density at radius 2 is 2.30 bits per heavy atom. The summed E-state index contributed by atoms with van der Waals surface area (Å²) in [6.45, 7) is 5.56. The van der Waals surface area contributed by atoms with Gasteiger partial charge < -0.3 is 10.2 Å². The van der Waals surface area contributed by atoms with Gasteiger partial charge in [0, 0.05) is 13.0 Å². The van der Waals surface area contributed by atoms with Crippen LogP contribution in [0.5, 0.6) is 0 Å². The molecule has 0 spiro atoms. The normalized spacial score (nSPS) is 18.7. The van der Waals surface area contributed by atoms with Crippen LogP contribution in [-0.4, -0.2) is 30.4 Å². The first-order valence-corrected chi connectivity index (χ1v) is 7.20. The zero-order valence-corrected chi connectivity index (χ0v) is 11.9. The van der Waals surface area contributed by atoms with Crippen molar-refractivity contribution in [2.45, 2.75) is 26.2 Å². The summed E-state index contributed by atoms with van der Waals surface area (Å²) >= 11 is 0. The van der Waals surface area contributed by atoms with Gasteiger partial charge in [-0.3, -0.25) is 4.79 Å². The average Bonchev–Trinajstić information content (AvgIpc) is 2.85. The Balaban J connectivity index is 1.74. The molecule has 4 nitrogen and oxygen atoms in total. The Bertz CT molecular complexity index is 507. The van der Waals surface area contributed by atoms with E-state index in [4.69, 9.17) is 5.26 Å². The largest absolute Gasteiger partial charge is 0.325 e. The number of amides is 1. The van der Waals surface area contributed by atoms with Crippen molar-refractivity contribution < 1.29 is 4.79 Å². The number of hydrogen-bond donors (Lipinski definition) is 1. The number of benzene rings is 1. The van der Waals surface area contributed by atoms with E-state index in [-0.39, 0.29) is 5.91 Å². The zero-order chi connectivity index (χ0) is 14.4. The molecule has 20 heavy (non-hydrogen) atoms. The molecule has 4 heteroatoms. The summed E-state index contributed by atoms with van der Waals surface area (Å²) in [6.07, 6.45) is 2.64. The van der Waals surface area contributed by atoms with Crippen molar-refractivity contribution in [1.29, 1.82) is 5.26 Å². The highest BCUT2D eigenvalue weighted by Crippen LogP contribution is 2.16. The van der Waals surface area contributed by atoms with Crippen LogP contribution in [0.2, 0.25) is 0 Å². The number of nitriles is 1. The van der Waals surface area contributed by atoms with Gasteiger partial charge in [-0.05, 0) is 44.0 Å². The maximum absolute atomic E-state index is 11.9. The standard InChI is InChI=1S/C16H21N3O/c1-13-8-10-19(12-13)9-4-7-16(20)18-15-6-3-2-5-14(15)11-17/h2-3,5-6,13H,4,7-10,12H2,1H3,(H,18,20). The van der Waals surface area contributed by atoms with Crippen LogP contribution in [0, 0.1) is 17.2 Å². The highest BCUT2D eigenvalue weighted by molar-refractivity contribution is 5.92. The summed E-state index contributed by atoms with van der Waals surface area (Å²) in [5.41, 5.74) is 1.11. The third-order valence-electron chi connectivity index (χ3n) is 3.71. The van der Waals surface area contributed by atoms with Gasteiger partial charge in [-0.1, -0.05) is 19.1 Å². The van der Waals surface area contributed by atoms with E-state index in [0.29, 0.717) is 17.7 Å². The fraction of sp³-hybridized carbons (Fsp3) is 0.500. The first-order valence-electron chi connectivity index (χ1n) is 7.20. The smallest absolute Gasteiger partial charge is 0.224 e. The molecule has 1 atom stereocenters. The van der Waals surface area contributed by atoms with Crippen LogP contribution in [0.1, 0.15) is 31.7 Å². The number of para-hydroxylation sites is 1. The topological polar surface area (TPSA) is 56.1 Å². The SMILES string of the molecule is CC1CCN(CCCC(=O)Nc2ccccc2C#N)C1. The number of carbonyl (C=O) groups excluding carboxylic acids is 1. The van der Waals surface area contributed by atoms with Crippen LogP contribution >= 0.6 is 0 Å². The van der Waals surface area contributed by atoms with Crippen molar-refractivity contribution in [2.75, 3.05) is 25.0 Å². The second-order valence-corrected chi connectivity index (χ2v) is 5.50. The van der Waals surface area contributed by atoms with Crippen molar-refractivity contribution in [3.8, 4) is 6.07 Å². The van der Waals surface area contributed by atoms with Crippen molar-refractivity contribution in [1.82, 2.24) is 4.90 Å². The predicted octanol–water partition coefficient (Wildman–Crippen LogP) is 2.62. The number of anilines is 1. The average molecular weight is 271 g/mol. The number of carbonyl (C=O) groups is 1. The van der Waals surface area contributed by atoms with E-state index >= 15 is 0 Å². The summed E-state index contributed by atoms with van der Waals surface area (Å²) in [5.74, 6) is 0.770. The summed E-state index contributed by atoms with van der Waals surface area (Å²) in [6, 6.07) is 9.17. The van der Waals surface area contributed by atoms with E-state index < -0.39 is 0 Å². The molecule has 1 aliphatic heterocycles. The molecule has 1 amide bonds. The number of rotatable bonds is 5. The monoisotopic (exact) mass is 271 g/mol. The fourth-order valence-electron chi connectivity index (χ4n) is 2.59. The van der Waals surface area contributed by atoms with Gasteiger partial charge in [-0.25, -0.2) is 0 Å². The summed E-state index contributed by atoms with van der Waals surface area (Å²) in [7, 11) is 0. The van der Waals surface area contributed by atoms with Crippen molar-refractivity contribution in [3.05, 3.63) is 29.8 Å². The molecule has 1 saturated heterocycles. The van der Waals surface area contributed by atoms with Gasteiger partial charge in [0.2, 0.25) is 5.91 Å². The second-order valence-electron chi connectivity index (χ2n) is 5.50. The molecule has 0 bridgehead atoms. The lowest BCUT2D eigenvalue weighted by atomic mass is 10.2. The Kier molecular flexibility index (Phi) is 5.14. The van der Waals surface area contributed by atoms with E-state index in [1.807, 2.05) is 6.07 Å². The van der Waals surface area contributed by atoms with E-state index in [0.717, 1.165) is 32.0 Å². The molecule has 0 aromatic heterocycles. The van der Waals surface area contributed by atoms with E-state index in [1.165, 1.54) is 6.42 Å². The number of likely N-dealkylation sites (tertiary alicyclic amines) is 1. The van der Waals surface area contributed by atoms with Gasteiger partial charge in [-0.15, -0.1) is 0 Å². The van der Waals surface area contributed by atoms with E-state index in [9.17, 15) is 4.79 Å². The second kappa shape index (κ2) is 7.06. The van der Waals surface area contributed by atoms with Gasteiger partial charge in [0.15, 0.2) is 0 Å². The molecule has 1 heterocycles. The molecule has 0 saturated carbocycles. The molecule has 0 aliphatic carbocycles. The van der Waals surface area contributed by atoms with Gasteiger partial charge in [0.25, 0.3) is 0 Å².